The Labute approximate surface area is 117 Å². The second kappa shape index (κ2) is 6.02. The van der Waals surface area contributed by atoms with E-state index < -0.39 is 0 Å². The number of carbonyl (C=O) groups excluding carboxylic acids is 1. The number of pyridine rings is 1. The molecule has 0 fully saturated rings. The highest BCUT2D eigenvalue weighted by molar-refractivity contribution is 6.35. The molecule has 0 bridgehead atoms. The van der Waals surface area contributed by atoms with Crippen LogP contribution in [0.4, 0.5) is 0 Å². The maximum absolute atomic E-state index is 12.0. The van der Waals surface area contributed by atoms with Crippen LogP contribution in [-0.4, -0.2) is 23.9 Å². The highest BCUT2D eigenvalue weighted by Crippen LogP contribution is 2.28. The minimum Gasteiger partial charge on any atom is -0.370 e. The van der Waals surface area contributed by atoms with Gasteiger partial charge in [-0.2, -0.15) is 0 Å². The van der Waals surface area contributed by atoms with Crippen molar-refractivity contribution in [2.24, 2.45) is 10.7 Å². The van der Waals surface area contributed by atoms with E-state index in [1.165, 1.54) is 19.7 Å². The van der Waals surface area contributed by atoms with Crippen LogP contribution in [0.1, 0.15) is 40.9 Å². The van der Waals surface area contributed by atoms with Crippen LogP contribution < -0.4 is 11.1 Å². The van der Waals surface area contributed by atoms with Crippen molar-refractivity contribution >= 4 is 23.5 Å². The van der Waals surface area contributed by atoms with Gasteiger partial charge in [-0.3, -0.25) is 20.1 Å². The lowest BCUT2D eigenvalue weighted by Crippen LogP contribution is -2.36. The molecule has 0 unspecified atom stereocenters. The summed E-state index contributed by atoms with van der Waals surface area (Å²) in [4.78, 5) is 20.1. The third-order valence-corrected chi connectivity index (χ3v) is 3.70. The number of fused-ring (bicyclic) bond motifs is 1. The fourth-order valence-corrected chi connectivity index (χ4v) is 2.54. The molecular weight excluding hydrogens is 264 g/mol. The summed E-state index contributed by atoms with van der Waals surface area (Å²) in [5.41, 5.74) is 7.84. The van der Waals surface area contributed by atoms with Gasteiger partial charge < -0.3 is 5.73 Å². The van der Waals surface area contributed by atoms with E-state index in [2.05, 4.69) is 15.3 Å². The number of nitrogens with one attached hydrogen (secondary N) is 1. The van der Waals surface area contributed by atoms with Crippen molar-refractivity contribution in [1.29, 1.82) is 0 Å². The molecule has 1 aromatic heterocycles. The highest BCUT2D eigenvalue weighted by Gasteiger charge is 2.19. The van der Waals surface area contributed by atoms with Crippen molar-refractivity contribution in [2.45, 2.75) is 32.1 Å². The molecule has 3 N–H and O–H groups in total. The Kier molecular flexibility index (Phi) is 4.37. The van der Waals surface area contributed by atoms with Gasteiger partial charge in [-0.1, -0.05) is 18.0 Å². The number of guanidine groups is 1. The van der Waals surface area contributed by atoms with Gasteiger partial charge in [0.2, 0.25) is 0 Å². The van der Waals surface area contributed by atoms with Gasteiger partial charge >= 0.3 is 0 Å². The fourth-order valence-electron chi connectivity index (χ4n) is 2.20. The number of rotatable bonds is 1. The maximum atomic E-state index is 12.0. The van der Waals surface area contributed by atoms with Crippen LogP contribution in [0.25, 0.3) is 0 Å². The fraction of sp³-hybridized carbons (Fsp3) is 0.462. The molecule has 5 nitrogen and oxygen atoms in total. The van der Waals surface area contributed by atoms with Crippen LogP contribution >= 0.6 is 11.6 Å². The number of nitrogens with zero attached hydrogens (tertiary/aromatic N) is 2. The van der Waals surface area contributed by atoms with E-state index in [1.807, 2.05) is 0 Å². The number of aryl methyl sites for hydroxylation is 1. The number of carbonyl (C=O) groups is 1. The number of hydrogen-bond acceptors (Lipinski definition) is 3. The van der Waals surface area contributed by atoms with E-state index in [0.29, 0.717) is 10.6 Å². The number of amides is 1. The van der Waals surface area contributed by atoms with Gasteiger partial charge in [0.15, 0.2) is 5.96 Å². The molecule has 102 valence electrons. The van der Waals surface area contributed by atoms with E-state index in [1.54, 1.807) is 0 Å². The summed E-state index contributed by atoms with van der Waals surface area (Å²) in [6.07, 6.45) is 6.69. The third-order valence-electron chi connectivity index (χ3n) is 3.27. The Morgan fingerprint density at radius 2 is 2.16 bits per heavy atom. The van der Waals surface area contributed by atoms with Gasteiger partial charge in [0.1, 0.15) is 0 Å². The van der Waals surface area contributed by atoms with Crippen LogP contribution in [0.2, 0.25) is 5.02 Å². The first-order valence-electron chi connectivity index (χ1n) is 6.33. The van der Waals surface area contributed by atoms with Gasteiger partial charge in [0.25, 0.3) is 5.91 Å². The SMILES string of the molecule is CN=C(N)NC(=O)c1cnc2c(c1Cl)CCCCC2. The second-order valence-corrected chi connectivity index (χ2v) is 4.91. The van der Waals surface area contributed by atoms with E-state index in [0.717, 1.165) is 36.9 Å². The average Bonchev–Trinajstić information content (AvgIpc) is 2.64. The Bertz CT molecular complexity index is 528. The zero-order valence-corrected chi connectivity index (χ0v) is 11.6. The molecule has 0 atom stereocenters. The normalized spacial score (nSPS) is 15.6. The van der Waals surface area contributed by atoms with E-state index >= 15 is 0 Å². The van der Waals surface area contributed by atoms with Crippen molar-refractivity contribution in [3.63, 3.8) is 0 Å². The van der Waals surface area contributed by atoms with Crippen LogP contribution in [0, 0.1) is 0 Å². The Balaban J connectivity index is 2.32. The van der Waals surface area contributed by atoms with Gasteiger partial charge in [-0.05, 0) is 31.2 Å². The number of nitrogens with two attached hydrogens (primary N) is 1. The quantitative estimate of drug-likeness (QED) is 0.466. The zero-order valence-electron chi connectivity index (χ0n) is 10.9. The molecule has 1 heterocycles. The third kappa shape index (κ3) is 3.04. The average molecular weight is 281 g/mol. The molecule has 0 aromatic carbocycles. The number of aliphatic imine (C=N–C) groups is 1. The molecule has 19 heavy (non-hydrogen) atoms. The molecule has 1 amide bonds. The molecular formula is C13H17ClN4O. The lowest BCUT2D eigenvalue weighted by atomic mass is 10.1. The predicted molar refractivity (Wildman–Crippen MR) is 75.5 cm³/mol. The molecule has 0 saturated heterocycles. The van der Waals surface area contributed by atoms with Crippen LogP contribution in [0.5, 0.6) is 0 Å². The number of aromatic nitrogens is 1. The topological polar surface area (TPSA) is 80.4 Å². The summed E-state index contributed by atoms with van der Waals surface area (Å²) in [5, 5.41) is 2.97. The maximum Gasteiger partial charge on any atom is 0.261 e. The summed E-state index contributed by atoms with van der Waals surface area (Å²) in [7, 11) is 1.51. The zero-order chi connectivity index (χ0) is 13.8. The lowest BCUT2D eigenvalue weighted by molar-refractivity contribution is 0.0976. The smallest absolute Gasteiger partial charge is 0.261 e. The molecule has 1 aromatic rings. The number of hydrogen-bond donors (Lipinski definition) is 2. The van der Waals surface area contributed by atoms with E-state index in [-0.39, 0.29) is 11.9 Å². The second-order valence-electron chi connectivity index (χ2n) is 4.53. The summed E-state index contributed by atoms with van der Waals surface area (Å²) in [6, 6.07) is 0. The predicted octanol–water partition coefficient (Wildman–Crippen LogP) is 1.68. The van der Waals surface area contributed by atoms with Crippen molar-refractivity contribution in [3.8, 4) is 0 Å². The van der Waals surface area contributed by atoms with Crippen molar-refractivity contribution in [1.82, 2.24) is 10.3 Å². The standard InChI is InChI=1S/C13H17ClN4O/c1-16-13(15)18-12(19)9-7-17-10-6-4-2-3-5-8(10)11(9)14/h7H,2-6H2,1H3,(H3,15,16,18,19). The molecule has 2 rings (SSSR count). The molecule has 0 spiro atoms. The Hall–Kier alpha value is -1.62. The first kappa shape index (κ1) is 13.8. The van der Waals surface area contributed by atoms with Crippen LogP contribution in [0.15, 0.2) is 11.2 Å². The van der Waals surface area contributed by atoms with Crippen molar-refractivity contribution in [2.75, 3.05) is 7.05 Å². The first-order chi connectivity index (χ1) is 9.13. The summed E-state index contributed by atoms with van der Waals surface area (Å²) in [5.74, 6) is -0.302. The van der Waals surface area contributed by atoms with Gasteiger partial charge in [-0.25, -0.2) is 0 Å². The Morgan fingerprint density at radius 1 is 1.42 bits per heavy atom. The summed E-state index contributed by atoms with van der Waals surface area (Å²) < 4.78 is 0. The minimum atomic E-state index is -0.368. The minimum absolute atomic E-state index is 0.0657. The largest absolute Gasteiger partial charge is 0.370 e. The van der Waals surface area contributed by atoms with Gasteiger partial charge in [0.05, 0.1) is 10.6 Å². The van der Waals surface area contributed by atoms with Gasteiger partial charge in [-0.15, -0.1) is 0 Å². The summed E-state index contributed by atoms with van der Waals surface area (Å²) >= 11 is 6.34. The van der Waals surface area contributed by atoms with Crippen molar-refractivity contribution < 1.29 is 4.79 Å². The number of halogens is 1. The molecule has 1 aliphatic rings. The van der Waals surface area contributed by atoms with E-state index in [9.17, 15) is 4.79 Å². The Morgan fingerprint density at radius 3 is 2.89 bits per heavy atom. The van der Waals surface area contributed by atoms with Gasteiger partial charge in [0, 0.05) is 18.9 Å². The van der Waals surface area contributed by atoms with Crippen LogP contribution in [-0.2, 0) is 12.8 Å². The van der Waals surface area contributed by atoms with Crippen molar-refractivity contribution in [3.05, 3.63) is 28.0 Å². The highest BCUT2D eigenvalue weighted by atomic mass is 35.5. The molecule has 6 heteroatoms. The molecule has 0 aliphatic heterocycles. The molecule has 0 saturated carbocycles. The summed E-state index contributed by atoms with van der Waals surface area (Å²) in [6.45, 7) is 0. The van der Waals surface area contributed by atoms with E-state index in [4.69, 9.17) is 17.3 Å². The monoisotopic (exact) mass is 280 g/mol. The first-order valence-corrected chi connectivity index (χ1v) is 6.71. The molecule has 1 aliphatic carbocycles. The lowest BCUT2D eigenvalue weighted by Gasteiger charge is -2.11. The molecule has 0 radical (unpaired) electrons. The van der Waals surface area contributed by atoms with Crippen LogP contribution in [0.3, 0.4) is 0 Å².